The summed E-state index contributed by atoms with van der Waals surface area (Å²) in [6.07, 6.45) is 0. The fourth-order valence-electron chi connectivity index (χ4n) is 2.03. The molecule has 0 saturated heterocycles. The lowest BCUT2D eigenvalue weighted by Crippen LogP contribution is -2.31. The van der Waals surface area contributed by atoms with Crippen molar-refractivity contribution >= 4 is 23.4 Å². The Morgan fingerprint density at radius 1 is 1.17 bits per heavy atom. The van der Waals surface area contributed by atoms with E-state index in [0.29, 0.717) is 18.0 Å². The second-order valence-corrected chi connectivity index (χ2v) is 6.57. The highest BCUT2D eigenvalue weighted by Crippen LogP contribution is 2.20. The number of amides is 1. The Morgan fingerprint density at radius 2 is 1.87 bits per heavy atom. The zero-order valence-corrected chi connectivity index (χ0v) is 14.2. The van der Waals surface area contributed by atoms with Gasteiger partial charge in [-0.1, -0.05) is 29.8 Å². The van der Waals surface area contributed by atoms with E-state index in [4.69, 9.17) is 0 Å². The van der Waals surface area contributed by atoms with Crippen LogP contribution in [0.4, 0.5) is 10.1 Å². The zero-order valence-electron chi connectivity index (χ0n) is 13.4. The van der Waals surface area contributed by atoms with Crippen LogP contribution in [0.1, 0.15) is 5.56 Å². The van der Waals surface area contributed by atoms with Gasteiger partial charge in [0.05, 0.1) is 6.54 Å². The monoisotopic (exact) mass is 332 g/mol. The number of rotatable bonds is 7. The molecule has 0 aliphatic heterocycles. The van der Waals surface area contributed by atoms with Gasteiger partial charge in [-0.05, 0) is 38.2 Å². The molecule has 0 spiro atoms. The molecule has 1 N–H and O–H groups in total. The second kappa shape index (κ2) is 8.70. The molecule has 122 valence electrons. The Labute approximate surface area is 140 Å². The van der Waals surface area contributed by atoms with E-state index in [1.807, 2.05) is 49.2 Å². The van der Waals surface area contributed by atoms with Crippen LogP contribution in [0.3, 0.4) is 0 Å². The van der Waals surface area contributed by atoms with Gasteiger partial charge in [-0.2, -0.15) is 0 Å². The number of aryl methyl sites for hydroxylation is 1. The van der Waals surface area contributed by atoms with E-state index in [0.717, 1.165) is 17.0 Å². The van der Waals surface area contributed by atoms with Crippen LogP contribution in [-0.4, -0.2) is 36.7 Å². The Morgan fingerprint density at radius 3 is 2.57 bits per heavy atom. The quantitative estimate of drug-likeness (QED) is 0.783. The third-order valence-electron chi connectivity index (χ3n) is 3.32. The first kappa shape index (κ1) is 17.5. The predicted molar refractivity (Wildman–Crippen MR) is 94.4 cm³/mol. The third-order valence-corrected chi connectivity index (χ3v) is 4.34. The van der Waals surface area contributed by atoms with Crippen LogP contribution in [0, 0.1) is 12.7 Å². The standard InChI is InChI=1S/C18H21FN2OS/c1-14-7-9-15(10-8-14)20-18(22)13-21(2)11-12-23-17-6-4-3-5-16(17)19/h3-10H,11-13H2,1-2H3,(H,20,22). The van der Waals surface area contributed by atoms with E-state index < -0.39 is 0 Å². The number of carbonyl (C=O) groups is 1. The van der Waals surface area contributed by atoms with Crippen molar-refractivity contribution in [2.45, 2.75) is 11.8 Å². The third kappa shape index (κ3) is 6.04. The predicted octanol–water partition coefficient (Wildman–Crippen LogP) is 3.80. The maximum Gasteiger partial charge on any atom is 0.238 e. The molecule has 3 nitrogen and oxygen atoms in total. The SMILES string of the molecule is Cc1ccc(NC(=O)CN(C)CCSc2ccccc2F)cc1. The lowest BCUT2D eigenvalue weighted by atomic mass is 10.2. The molecule has 1 amide bonds. The number of benzene rings is 2. The minimum atomic E-state index is -0.197. The molecule has 0 fully saturated rings. The highest BCUT2D eigenvalue weighted by molar-refractivity contribution is 7.99. The molecule has 2 rings (SSSR count). The average Bonchev–Trinajstić information content (AvgIpc) is 2.51. The molecule has 0 aliphatic rings. The van der Waals surface area contributed by atoms with Gasteiger partial charge in [0.2, 0.25) is 5.91 Å². The summed E-state index contributed by atoms with van der Waals surface area (Å²) >= 11 is 1.46. The van der Waals surface area contributed by atoms with Gasteiger partial charge in [-0.25, -0.2) is 4.39 Å². The first-order valence-electron chi connectivity index (χ1n) is 7.47. The smallest absolute Gasteiger partial charge is 0.238 e. The van der Waals surface area contributed by atoms with Crippen LogP contribution >= 0.6 is 11.8 Å². The first-order valence-corrected chi connectivity index (χ1v) is 8.45. The van der Waals surface area contributed by atoms with Crippen LogP contribution in [0.5, 0.6) is 0 Å². The van der Waals surface area contributed by atoms with E-state index >= 15 is 0 Å². The summed E-state index contributed by atoms with van der Waals surface area (Å²) in [5.41, 5.74) is 1.96. The molecule has 0 heterocycles. The molecular weight excluding hydrogens is 311 g/mol. The zero-order chi connectivity index (χ0) is 16.7. The molecule has 2 aromatic rings. The molecule has 0 saturated carbocycles. The van der Waals surface area contributed by atoms with Crippen molar-refractivity contribution in [3.8, 4) is 0 Å². The number of anilines is 1. The minimum absolute atomic E-state index is 0.0488. The molecule has 0 bridgehead atoms. The van der Waals surface area contributed by atoms with Crippen molar-refractivity contribution < 1.29 is 9.18 Å². The number of carbonyl (C=O) groups excluding carboxylic acids is 1. The fourth-order valence-corrected chi connectivity index (χ4v) is 3.04. The van der Waals surface area contributed by atoms with Crippen molar-refractivity contribution in [3.63, 3.8) is 0 Å². The van der Waals surface area contributed by atoms with Crippen LogP contribution in [0.2, 0.25) is 0 Å². The summed E-state index contributed by atoms with van der Waals surface area (Å²) in [5, 5.41) is 2.87. The van der Waals surface area contributed by atoms with Crippen LogP contribution in [0.15, 0.2) is 53.4 Å². The van der Waals surface area contributed by atoms with Crippen molar-refractivity contribution in [2.24, 2.45) is 0 Å². The van der Waals surface area contributed by atoms with Gasteiger partial charge in [0, 0.05) is 22.9 Å². The number of likely N-dealkylation sites (N-methyl/N-ethyl adjacent to an activating group) is 1. The summed E-state index contributed by atoms with van der Waals surface area (Å²) in [6.45, 7) is 3.03. The highest BCUT2D eigenvalue weighted by atomic mass is 32.2. The van der Waals surface area contributed by atoms with Crippen molar-refractivity contribution in [1.82, 2.24) is 4.90 Å². The number of nitrogens with zero attached hydrogens (tertiary/aromatic N) is 1. The number of thioether (sulfide) groups is 1. The molecule has 2 aromatic carbocycles. The maximum atomic E-state index is 13.5. The van der Waals surface area contributed by atoms with Gasteiger partial charge in [0.1, 0.15) is 5.82 Å². The first-order chi connectivity index (χ1) is 11.0. The van der Waals surface area contributed by atoms with Gasteiger partial charge in [0.15, 0.2) is 0 Å². The molecule has 0 unspecified atom stereocenters. The van der Waals surface area contributed by atoms with Gasteiger partial charge < -0.3 is 5.32 Å². The molecule has 0 aromatic heterocycles. The Bertz CT molecular complexity index is 646. The van der Waals surface area contributed by atoms with E-state index in [1.165, 1.54) is 17.8 Å². The normalized spacial score (nSPS) is 10.8. The molecule has 0 atom stereocenters. The maximum absolute atomic E-state index is 13.5. The summed E-state index contributed by atoms with van der Waals surface area (Å²) in [6, 6.07) is 14.4. The lowest BCUT2D eigenvalue weighted by molar-refractivity contribution is -0.117. The van der Waals surface area contributed by atoms with Gasteiger partial charge in [-0.3, -0.25) is 9.69 Å². The van der Waals surface area contributed by atoms with Crippen LogP contribution in [0.25, 0.3) is 0 Å². The van der Waals surface area contributed by atoms with Crippen molar-refractivity contribution in [1.29, 1.82) is 0 Å². The van der Waals surface area contributed by atoms with Crippen LogP contribution in [-0.2, 0) is 4.79 Å². The molecule has 0 aliphatic carbocycles. The molecule has 5 heteroatoms. The summed E-state index contributed by atoms with van der Waals surface area (Å²) in [5.74, 6) is 0.486. The number of hydrogen-bond donors (Lipinski definition) is 1. The second-order valence-electron chi connectivity index (χ2n) is 5.43. The summed E-state index contributed by atoms with van der Waals surface area (Å²) in [7, 11) is 1.89. The van der Waals surface area contributed by atoms with Crippen molar-refractivity contribution in [3.05, 3.63) is 59.9 Å². The number of nitrogens with one attached hydrogen (secondary N) is 1. The van der Waals surface area contributed by atoms with E-state index in [9.17, 15) is 9.18 Å². The van der Waals surface area contributed by atoms with Crippen LogP contribution < -0.4 is 5.32 Å². The summed E-state index contributed by atoms with van der Waals surface area (Å²) in [4.78, 5) is 14.5. The van der Waals surface area contributed by atoms with Crippen molar-refractivity contribution in [2.75, 3.05) is 31.2 Å². The largest absolute Gasteiger partial charge is 0.325 e. The summed E-state index contributed by atoms with van der Waals surface area (Å²) < 4.78 is 13.5. The Hall–Kier alpha value is -1.85. The topological polar surface area (TPSA) is 32.3 Å². The van der Waals surface area contributed by atoms with E-state index in [1.54, 1.807) is 12.1 Å². The molecule has 0 radical (unpaired) electrons. The Kier molecular flexibility index (Phi) is 6.62. The van der Waals surface area contributed by atoms with E-state index in [-0.39, 0.29) is 11.7 Å². The molecule has 23 heavy (non-hydrogen) atoms. The highest BCUT2D eigenvalue weighted by Gasteiger charge is 2.08. The molecular formula is C18H21FN2OS. The number of halogens is 1. The van der Waals surface area contributed by atoms with Gasteiger partial charge in [-0.15, -0.1) is 11.8 Å². The van der Waals surface area contributed by atoms with E-state index in [2.05, 4.69) is 5.32 Å². The fraction of sp³-hybridized carbons (Fsp3) is 0.278. The Balaban J connectivity index is 1.71. The lowest BCUT2D eigenvalue weighted by Gasteiger charge is -2.16. The van der Waals surface area contributed by atoms with Gasteiger partial charge in [0.25, 0.3) is 0 Å². The van der Waals surface area contributed by atoms with Gasteiger partial charge >= 0.3 is 0 Å². The minimum Gasteiger partial charge on any atom is -0.325 e. The average molecular weight is 332 g/mol. The number of hydrogen-bond acceptors (Lipinski definition) is 3.